The number of carbonyl (C=O) groups excluding carboxylic acids is 1. The maximum atomic E-state index is 12.7. The summed E-state index contributed by atoms with van der Waals surface area (Å²) < 4.78 is 1.02. The van der Waals surface area contributed by atoms with Crippen molar-refractivity contribution in [3.05, 3.63) is 52.3 Å². The van der Waals surface area contributed by atoms with E-state index in [-0.39, 0.29) is 21.8 Å². The lowest BCUT2D eigenvalue weighted by Gasteiger charge is -2.17. The summed E-state index contributed by atoms with van der Waals surface area (Å²) in [7, 11) is 0. The first kappa shape index (κ1) is 15.2. The molecule has 0 spiro atoms. The van der Waals surface area contributed by atoms with E-state index in [0.29, 0.717) is 11.7 Å². The van der Waals surface area contributed by atoms with E-state index >= 15 is 0 Å². The second-order valence-corrected chi connectivity index (χ2v) is 6.28. The molecule has 0 N–H and O–H groups in total. The number of rotatable bonds is 3. The first-order valence-corrected chi connectivity index (χ1v) is 8.17. The average Bonchev–Trinajstić information content (AvgIpc) is 2.93. The molecule has 0 atom stereocenters. The SMILES string of the molecule is CCN(C(=O)c1nc(Cl)ccc1Cl)c1nc2ccccc2s1. The maximum absolute atomic E-state index is 12.7. The summed E-state index contributed by atoms with van der Waals surface area (Å²) in [4.78, 5) is 22.8. The Bertz CT molecular complexity index is 817. The van der Waals surface area contributed by atoms with Gasteiger partial charge in [0, 0.05) is 6.54 Å². The molecule has 0 aliphatic carbocycles. The monoisotopic (exact) mass is 351 g/mol. The third-order valence-corrected chi connectivity index (χ3v) is 4.66. The van der Waals surface area contributed by atoms with Crippen molar-refractivity contribution in [1.29, 1.82) is 0 Å². The smallest absolute Gasteiger partial charge is 0.280 e. The first-order chi connectivity index (χ1) is 10.6. The molecule has 0 saturated heterocycles. The molecule has 0 unspecified atom stereocenters. The zero-order chi connectivity index (χ0) is 15.7. The summed E-state index contributed by atoms with van der Waals surface area (Å²) in [6, 6.07) is 10.9. The fourth-order valence-electron chi connectivity index (χ4n) is 2.04. The molecule has 1 aromatic carbocycles. The number of carbonyl (C=O) groups is 1. The molecule has 3 aromatic rings. The van der Waals surface area contributed by atoms with Gasteiger partial charge in [-0.15, -0.1) is 0 Å². The molecule has 0 fully saturated rings. The van der Waals surface area contributed by atoms with Gasteiger partial charge in [0.05, 0.1) is 15.2 Å². The van der Waals surface area contributed by atoms with Crippen LogP contribution >= 0.6 is 34.5 Å². The molecule has 4 nitrogen and oxygen atoms in total. The normalized spacial score (nSPS) is 10.9. The standard InChI is InChI=1S/C15H11Cl2N3OS/c1-2-20(14(21)13-9(16)7-8-12(17)19-13)15-18-10-5-3-4-6-11(10)22-15/h3-8H,2H2,1H3. The van der Waals surface area contributed by atoms with Crippen LogP contribution in [-0.4, -0.2) is 22.4 Å². The average molecular weight is 352 g/mol. The highest BCUT2D eigenvalue weighted by atomic mass is 35.5. The second kappa shape index (κ2) is 6.20. The van der Waals surface area contributed by atoms with Gasteiger partial charge in [0.15, 0.2) is 5.13 Å². The van der Waals surface area contributed by atoms with Crippen LogP contribution in [0, 0.1) is 0 Å². The van der Waals surface area contributed by atoms with Crippen LogP contribution in [0.2, 0.25) is 10.2 Å². The number of aromatic nitrogens is 2. The van der Waals surface area contributed by atoms with Gasteiger partial charge in [-0.2, -0.15) is 0 Å². The first-order valence-electron chi connectivity index (χ1n) is 6.59. The minimum atomic E-state index is -0.311. The van der Waals surface area contributed by atoms with Gasteiger partial charge in [0.25, 0.3) is 5.91 Å². The Kier molecular flexibility index (Phi) is 4.29. The van der Waals surface area contributed by atoms with Crippen LogP contribution in [0.15, 0.2) is 36.4 Å². The van der Waals surface area contributed by atoms with E-state index in [1.165, 1.54) is 11.3 Å². The van der Waals surface area contributed by atoms with Crippen LogP contribution in [0.4, 0.5) is 5.13 Å². The summed E-state index contributed by atoms with van der Waals surface area (Å²) in [5.41, 5.74) is 0.995. The molecule has 0 saturated carbocycles. The predicted molar refractivity (Wildman–Crippen MR) is 91.2 cm³/mol. The van der Waals surface area contributed by atoms with Gasteiger partial charge in [-0.25, -0.2) is 9.97 Å². The van der Waals surface area contributed by atoms with Crippen LogP contribution in [0.1, 0.15) is 17.4 Å². The Morgan fingerprint density at radius 3 is 2.68 bits per heavy atom. The van der Waals surface area contributed by atoms with E-state index in [9.17, 15) is 4.79 Å². The van der Waals surface area contributed by atoms with Crippen molar-refractivity contribution in [3.63, 3.8) is 0 Å². The lowest BCUT2D eigenvalue weighted by atomic mass is 10.3. The number of pyridine rings is 1. The summed E-state index contributed by atoms with van der Waals surface area (Å²) in [6.45, 7) is 2.34. The van der Waals surface area contributed by atoms with Crippen LogP contribution in [0.3, 0.4) is 0 Å². The highest BCUT2D eigenvalue weighted by Crippen LogP contribution is 2.30. The molecule has 0 bridgehead atoms. The van der Waals surface area contributed by atoms with Gasteiger partial charge in [-0.1, -0.05) is 46.7 Å². The van der Waals surface area contributed by atoms with Crippen molar-refractivity contribution in [3.8, 4) is 0 Å². The number of amides is 1. The minimum Gasteiger partial charge on any atom is -0.283 e. The highest BCUT2D eigenvalue weighted by molar-refractivity contribution is 7.22. The number of hydrogen-bond donors (Lipinski definition) is 0. The Morgan fingerprint density at radius 2 is 1.95 bits per heavy atom. The predicted octanol–water partition coefficient (Wildman–Crippen LogP) is 4.66. The van der Waals surface area contributed by atoms with E-state index in [4.69, 9.17) is 23.2 Å². The maximum Gasteiger partial charge on any atom is 0.280 e. The fraction of sp³-hybridized carbons (Fsp3) is 0.133. The van der Waals surface area contributed by atoms with Crippen molar-refractivity contribution in [2.75, 3.05) is 11.4 Å². The molecule has 0 radical (unpaired) electrons. The lowest BCUT2D eigenvalue weighted by Crippen LogP contribution is -2.31. The van der Waals surface area contributed by atoms with Gasteiger partial charge in [0.1, 0.15) is 10.8 Å². The van der Waals surface area contributed by atoms with Gasteiger partial charge >= 0.3 is 0 Å². The quantitative estimate of drug-likeness (QED) is 0.644. The number of hydrogen-bond acceptors (Lipinski definition) is 4. The van der Waals surface area contributed by atoms with E-state index in [2.05, 4.69) is 9.97 Å². The minimum absolute atomic E-state index is 0.135. The van der Waals surface area contributed by atoms with Crippen LogP contribution < -0.4 is 4.90 Å². The number of nitrogens with zero attached hydrogens (tertiary/aromatic N) is 3. The number of anilines is 1. The summed E-state index contributed by atoms with van der Waals surface area (Å²) in [5, 5.41) is 1.12. The van der Waals surface area contributed by atoms with Crippen molar-refractivity contribution in [2.24, 2.45) is 0 Å². The van der Waals surface area contributed by atoms with Gasteiger partial charge in [0.2, 0.25) is 0 Å². The van der Waals surface area contributed by atoms with Crippen molar-refractivity contribution in [2.45, 2.75) is 6.92 Å². The molecule has 7 heteroatoms. The van der Waals surface area contributed by atoms with Crippen molar-refractivity contribution >= 4 is 55.8 Å². The zero-order valence-electron chi connectivity index (χ0n) is 11.6. The lowest BCUT2D eigenvalue weighted by molar-refractivity contribution is 0.0983. The number of benzene rings is 1. The Hall–Kier alpha value is -1.69. The Morgan fingerprint density at radius 1 is 1.18 bits per heavy atom. The molecular formula is C15H11Cl2N3OS. The van der Waals surface area contributed by atoms with Crippen molar-refractivity contribution in [1.82, 2.24) is 9.97 Å². The van der Waals surface area contributed by atoms with Gasteiger partial charge in [-0.3, -0.25) is 9.69 Å². The molecule has 22 heavy (non-hydrogen) atoms. The molecule has 2 heterocycles. The van der Waals surface area contributed by atoms with Crippen molar-refractivity contribution < 1.29 is 4.79 Å². The van der Waals surface area contributed by atoms with Crippen LogP contribution in [0.5, 0.6) is 0 Å². The third-order valence-electron chi connectivity index (χ3n) is 3.09. The number of para-hydroxylation sites is 1. The fourth-order valence-corrected chi connectivity index (χ4v) is 3.40. The number of halogens is 2. The summed E-state index contributed by atoms with van der Waals surface area (Å²) in [5.74, 6) is -0.311. The molecule has 0 aliphatic heterocycles. The zero-order valence-corrected chi connectivity index (χ0v) is 13.9. The molecule has 2 aromatic heterocycles. The molecule has 112 valence electrons. The third kappa shape index (κ3) is 2.79. The van der Waals surface area contributed by atoms with E-state index in [1.807, 2.05) is 31.2 Å². The van der Waals surface area contributed by atoms with Gasteiger partial charge in [-0.05, 0) is 31.2 Å². The number of fused-ring (bicyclic) bond motifs is 1. The Balaban J connectivity index is 2.03. The van der Waals surface area contributed by atoms with Crippen LogP contribution in [-0.2, 0) is 0 Å². The number of thiazole rings is 1. The highest BCUT2D eigenvalue weighted by Gasteiger charge is 2.23. The topological polar surface area (TPSA) is 46.1 Å². The Labute approximate surface area is 141 Å². The molecular weight excluding hydrogens is 341 g/mol. The molecule has 0 aliphatic rings. The van der Waals surface area contributed by atoms with E-state index in [0.717, 1.165) is 10.2 Å². The van der Waals surface area contributed by atoms with E-state index < -0.39 is 0 Å². The van der Waals surface area contributed by atoms with Crippen LogP contribution in [0.25, 0.3) is 10.2 Å². The van der Waals surface area contributed by atoms with E-state index in [1.54, 1.807) is 17.0 Å². The van der Waals surface area contributed by atoms with Gasteiger partial charge < -0.3 is 0 Å². The second-order valence-electron chi connectivity index (χ2n) is 4.48. The summed E-state index contributed by atoms with van der Waals surface area (Å²) >= 11 is 13.4. The molecule has 3 rings (SSSR count). The molecule has 1 amide bonds. The summed E-state index contributed by atoms with van der Waals surface area (Å²) in [6.07, 6.45) is 0. The largest absolute Gasteiger partial charge is 0.283 e.